The maximum Gasteiger partial charge on any atom is 0.394 e. The molecule has 2 rings (SSSR count). The number of rotatable bonds is 2. The van der Waals surface area contributed by atoms with Crippen molar-refractivity contribution < 1.29 is 18.3 Å². The molecule has 0 heterocycles. The van der Waals surface area contributed by atoms with Crippen LogP contribution >= 0.6 is 0 Å². The van der Waals surface area contributed by atoms with Crippen molar-refractivity contribution in [3.05, 3.63) is 46.3 Å². The highest BCUT2D eigenvalue weighted by molar-refractivity contribution is 5.85. The van der Waals surface area contributed by atoms with E-state index in [4.69, 9.17) is 11.3 Å². The number of fused-ring (bicyclic) bond motifs is 1. The van der Waals surface area contributed by atoms with E-state index in [9.17, 15) is 13.6 Å². The first kappa shape index (κ1) is 12.5. The maximum absolute atomic E-state index is 13.1. The summed E-state index contributed by atoms with van der Waals surface area (Å²) >= 11 is 0. The summed E-state index contributed by atoms with van der Waals surface area (Å²) < 4.78 is 31.1. The minimum Gasteiger partial charge on any atom is -0.460 e. The standard InChI is InChI=1S/C13H11F2NO2/c1-3-18-12(17)13(16-2)6-8-4-10(14)11(15)5-9(8)7-13/h4-5H,3,6-7H2,1H3. The van der Waals surface area contributed by atoms with E-state index in [0.29, 0.717) is 11.1 Å². The quantitative estimate of drug-likeness (QED) is 0.596. The average Bonchev–Trinajstić information content (AvgIpc) is 2.69. The van der Waals surface area contributed by atoms with Crippen LogP contribution in [0.25, 0.3) is 4.85 Å². The summed E-state index contributed by atoms with van der Waals surface area (Å²) in [5, 5.41) is 0. The molecule has 0 atom stereocenters. The largest absolute Gasteiger partial charge is 0.460 e. The predicted molar refractivity (Wildman–Crippen MR) is 59.7 cm³/mol. The summed E-state index contributed by atoms with van der Waals surface area (Å²) in [5.41, 5.74) is -0.366. The van der Waals surface area contributed by atoms with Crippen LogP contribution in [0, 0.1) is 18.2 Å². The van der Waals surface area contributed by atoms with Gasteiger partial charge in [-0.15, -0.1) is 0 Å². The van der Waals surface area contributed by atoms with Crippen molar-refractivity contribution in [1.29, 1.82) is 0 Å². The Kier molecular flexibility index (Phi) is 3.04. The molecule has 0 fully saturated rings. The molecule has 5 heteroatoms. The molecule has 1 aliphatic carbocycles. The van der Waals surface area contributed by atoms with Gasteiger partial charge in [0.2, 0.25) is 0 Å². The van der Waals surface area contributed by atoms with Crippen molar-refractivity contribution >= 4 is 5.97 Å². The van der Waals surface area contributed by atoms with Gasteiger partial charge in [-0.1, -0.05) is 0 Å². The lowest BCUT2D eigenvalue weighted by molar-refractivity contribution is -0.147. The first-order chi connectivity index (χ1) is 8.52. The third kappa shape index (κ3) is 1.84. The second kappa shape index (κ2) is 4.37. The highest BCUT2D eigenvalue weighted by Gasteiger charge is 2.52. The Labute approximate surface area is 103 Å². The van der Waals surface area contributed by atoms with Gasteiger partial charge in [-0.2, -0.15) is 0 Å². The lowest BCUT2D eigenvalue weighted by Crippen LogP contribution is -2.37. The third-order valence-corrected chi connectivity index (χ3v) is 3.08. The van der Waals surface area contributed by atoms with E-state index < -0.39 is 23.1 Å². The monoisotopic (exact) mass is 251 g/mol. The van der Waals surface area contributed by atoms with Gasteiger partial charge in [0.15, 0.2) is 11.6 Å². The van der Waals surface area contributed by atoms with E-state index in [2.05, 4.69) is 4.85 Å². The fourth-order valence-electron chi connectivity index (χ4n) is 2.19. The van der Waals surface area contributed by atoms with E-state index in [1.54, 1.807) is 6.92 Å². The van der Waals surface area contributed by atoms with Gasteiger partial charge < -0.3 is 4.74 Å². The Hall–Kier alpha value is -1.96. The van der Waals surface area contributed by atoms with Crippen LogP contribution in [0.2, 0.25) is 0 Å². The molecule has 0 radical (unpaired) electrons. The average molecular weight is 251 g/mol. The van der Waals surface area contributed by atoms with Gasteiger partial charge in [0.1, 0.15) is 0 Å². The Bertz CT molecular complexity index is 518. The van der Waals surface area contributed by atoms with Gasteiger partial charge in [0, 0.05) is 0 Å². The van der Waals surface area contributed by atoms with Crippen LogP contribution in [0.1, 0.15) is 18.1 Å². The summed E-state index contributed by atoms with van der Waals surface area (Å²) in [6.07, 6.45) is 0.143. The Morgan fingerprint density at radius 2 is 1.89 bits per heavy atom. The molecular weight excluding hydrogens is 240 g/mol. The van der Waals surface area contributed by atoms with Crippen molar-refractivity contribution in [2.24, 2.45) is 0 Å². The summed E-state index contributed by atoms with van der Waals surface area (Å²) in [7, 11) is 0. The molecular formula is C13H11F2NO2. The number of benzene rings is 1. The van der Waals surface area contributed by atoms with Crippen molar-refractivity contribution in [2.45, 2.75) is 25.3 Å². The molecule has 1 aromatic rings. The number of esters is 1. The normalized spacial score (nSPS) is 15.9. The van der Waals surface area contributed by atoms with Crippen LogP contribution in [0.4, 0.5) is 8.78 Å². The Morgan fingerprint density at radius 3 is 2.28 bits per heavy atom. The molecule has 0 N–H and O–H groups in total. The number of ether oxygens (including phenoxy) is 1. The third-order valence-electron chi connectivity index (χ3n) is 3.08. The molecule has 0 saturated heterocycles. The fraction of sp³-hybridized carbons (Fsp3) is 0.385. The van der Waals surface area contributed by atoms with Gasteiger partial charge in [-0.25, -0.2) is 20.1 Å². The number of nitrogens with zero attached hydrogens (tertiary/aromatic N) is 1. The number of hydrogen-bond acceptors (Lipinski definition) is 2. The van der Waals surface area contributed by atoms with Crippen LogP contribution in [-0.4, -0.2) is 18.1 Å². The summed E-state index contributed by atoms with van der Waals surface area (Å²) in [6, 6.07) is 2.10. The van der Waals surface area contributed by atoms with Crippen molar-refractivity contribution in [3.8, 4) is 0 Å². The molecule has 0 spiro atoms. The minimum absolute atomic E-state index is 0.0713. The van der Waals surface area contributed by atoms with Gasteiger partial charge in [-0.05, 0) is 30.2 Å². The second-order valence-corrected chi connectivity index (χ2v) is 4.25. The second-order valence-electron chi connectivity index (χ2n) is 4.25. The smallest absolute Gasteiger partial charge is 0.394 e. The number of hydrogen-bond donors (Lipinski definition) is 0. The van der Waals surface area contributed by atoms with Crippen LogP contribution in [0.3, 0.4) is 0 Å². The van der Waals surface area contributed by atoms with Crippen LogP contribution in [0.15, 0.2) is 12.1 Å². The van der Waals surface area contributed by atoms with Crippen LogP contribution in [-0.2, 0) is 22.4 Å². The molecule has 18 heavy (non-hydrogen) atoms. The zero-order valence-corrected chi connectivity index (χ0v) is 9.80. The molecule has 0 amide bonds. The molecule has 0 aromatic heterocycles. The molecule has 0 unspecified atom stereocenters. The molecule has 0 bridgehead atoms. The van der Waals surface area contributed by atoms with Gasteiger partial charge >= 0.3 is 11.5 Å². The van der Waals surface area contributed by atoms with Crippen LogP contribution < -0.4 is 0 Å². The van der Waals surface area contributed by atoms with Crippen LogP contribution in [0.5, 0.6) is 0 Å². The Morgan fingerprint density at radius 1 is 1.39 bits per heavy atom. The van der Waals surface area contributed by atoms with E-state index in [0.717, 1.165) is 12.1 Å². The topological polar surface area (TPSA) is 30.7 Å². The summed E-state index contributed by atoms with van der Waals surface area (Å²) in [6.45, 7) is 9.00. The zero-order chi connectivity index (χ0) is 13.3. The molecule has 1 aliphatic rings. The highest BCUT2D eigenvalue weighted by Crippen LogP contribution is 2.35. The number of carbonyl (C=O) groups excluding carboxylic acids is 1. The molecule has 0 aliphatic heterocycles. The summed E-state index contributed by atoms with van der Waals surface area (Å²) in [5.74, 6) is -2.55. The van der Waals surface area contributed by atoms with Crippen molar-refractivity contribution in [1.82, 2.24) is 0 Å². The van der Waals surface area contributed by atoms with E-state index in [1.165, 1.54) is 0 Å². The SMILES string of the molecule is [C-]#[N+]C1(C(=O)OCC)Cc2cc(F)c(F)cc2C1. The lowest BCUT2D eigenvalue weighted by atomic mass is 9.97. The van der Waals surface area contributed by atoms with Gasteiger partial charge in [0.25, 0.3) is 0 Å². The molecule has 1 aromatic carbocycles. The zero-order valence-electron chi connectivity index (χ0n) is 9.80. The summed E-state index contributed by atoms with van der Waals surface area (Å²) in [4.78, 5) is 15.2. The first-order valence-electron chi connectivity index (χ1n) is 5.55. The Balaban J connectivity index is 2.37. The van der Waals surface area contributed by atoms with Crippen molar-refractivity contribution in [3.63, 3.8) is 0 Å². The maximum atomic E-state index is 13.1. The lowest BCUT2D eigenvalue weighted by Gasteiger charge is -2.13. The number of halogens is 2. The first-order valence-corrected chi connectivity index (χ1v) is 5.55. The van der Waals surface area contributed by atoms with Gasteiger partial charge in [0.05, 0.1) is 19.4 Å². The number of carbonyl (C=O) groups is 1. The molecule has 94 valence electrons. The predicted octanol–water partition coefficient (Wildman–Crippen LogP) is 2.28. The fourth-order valence-corrected chi connectivity index (χ4v) is 2.19. The van der Waals surface area contributed by atoms with E-state index >= 15 is 0 Å². The molecule has 0 saturated carbocycles. The highest BCUT2D eigenvalue weighted by atomic mass is 19.2. The van der Waals surface area contributed by atoms with E-state index in [-0.39, 0.29) is 19.4 Å². The van der Waals surface area contributed by atoms with Crippen molar-refractivity contribution in [2.75, 3.05) is 6.61 Å². The minimum atomic E-state index is -1.36. The van der Waals surface area contributed by atoms with E-state index in [1.807, 2.05) is 0 Å². The molecule has 3 nitrogen and oxygen atoms in total. The van der Waals surface area contributed by atoms with Gasteiger partial charge in [-0.3, -0.25) is 4.85 Å².